The number of carbonyl (C=O) groups excluding carboxylic acids is 1. The molecule has 0 bridgehead atoms. The van der Waals surface area contributed by atoms with Gasteiger partial charge in [0.2, 0.25) is 0 Å². The van der Waals surface area contributed by atoms with E-state index in [0.717, 1.165) is 30.3 Å². The normalized spacial score (nSPS) is 15.0. The van der Waals surface area contributed by atoms with E-state index < -0.39 is 29.0 Å². The van der Waals surface area contributed by atoms with Crippen LogP contribution in [-0.4, -0.2) is 42.2 Å². The number of rotatable bonds is 4. The van der Waals surface area contributed by atoms with Crippen LogP contribution >= 0.6 is 0 Å². The van der Waals surface area contributed by atoms with Gasteiger partial charge in [-0.25, -0.2) is 9.37 Å². The van der Waals surface area contributed by atoms with Crippen molar-refractivity contribution in [1.82, 2.24) is 9.97 Å². The van der Waals surface area contributed by atoms with Crippen LogP contribution in [0.15, 0.2) is 35.1 Å². The molecule has 2 aromatic rings. The van der Waals surface area contributed by atoms with Crippen LogP contribution in [0.25, 0.3) is 0 Å². The third-order valence-corrected chi connectivity index (χ3v) is 3.75. The quantitative estimate of drug-likeness (QED) is 0.854. The molecule has 2 heterocycles. The van der Waals surface area contributed by atoms with Gasteiger partial charge in [-0.2, -0.15) is 8.78 Å². The van der Waals surface area contributed by atoms with Crippen molar-refractivity contribution in [1.29, 1.82) is 0 Å². The van der Waals surface area contributed by atoms with Gasteiger partial charge < -0.3 is 19.9 Å². The van der Waals surface area contributed by atoms with Gasteiger partial charge in [0.25, 0.3) is 5.56 Å². The molecule has 7 nitrogen and oxygen atoms in total. The fraction of sp³-hybridized carbons (Fsp3) is 0.312. The average Bonchev–Trinajstić information content (AvgIpc) is 2.63. The largest absolute Gasteiger partial charge is 0.381 e. The van der Waals surface area contributed by atoms with Crippen LogP contribution in [-0.2, 0) is 15.5 Å². The second-order valence-electron chi connectivity index (χ2n) is 5.59. The van der Waals surface area contributed by atoms with Gasteiger partial charge in [-0.15, -0.1) is 0 Å². The summed E-state index contributed by atoms with van der Waals surface area (Å²) in [6.07, 6.45) is 0. The number of halogens is 3. The summed E-state index contributed by atoms with van der Waals surface area (Å²) in [6.45, 7) is 1.54. The zero-order chi connectivity index (χ0) is 18.7. The van der Waals surface area contributed by atoms with E-state index in [0.29, 0.717) is 26.3 Å². The number of ether oxygens (including phenoxy) is 1. The van der Waals surface area contributed by atoms with E-state index in [9.17, 15) is 22.8 Å². The number of amides is 1. The SMILES string of the molecule is O=C(Nc1ccc(F)cc1)C(F)(F)c1nc(N2CCOCC2)cc(=O)[nH]1. The Morgan fingerprint density at radius 2 is 1.88 bits per heavy atom. The maximum absolute atomic E-state index is 14.5. The van der Waals surface area contributed by atoms with E-state index in [2.05, 4.69) is 4.98 Å². The standard InChI is InChI=1S/C16H15F3N4O3/c17-10-1-3-11(4-2-10)20-15(25)16(18,19)14-21-12(9-13(24)22-14)23-5-7-26-8-6-23/h1-4,9H,5-8H2,(H,20,25)(H,21,22,24). The minimum absolute atomic E-state index is 0.0113. The van der Waals surface area contributed by atoms with Crippen LogP contribution in [0, 0.1) is 5.82 Å². The molecule has 2 N–H and O–H groups in total. The van der Waals surface area contributed by atoms with Gasteiger partial charge in [0.15, 0.2) is 5.82 Å². The molecule has 3 rings (SSSR count). The van der Waals surface area contributed by atoms with E-state index in [1.54, 1.807) is 4.90 Å². The first-order chi connectivity index (χ1) is 12.4. The lowest BCUT2D eigenvalue weighted by Gasteiger charge is -2.28. The summed E-state index contributed by atoms with van der Waals surface area (Å²) in [5.41, 5.74) is -0.812. The van der Waals surface area contributed by atoms with E-state index in [4.69, 9.17) is 4.74 Å². The molecule has 1 fully saturated rings. The number of nitrogens with zero attached hydrogens (tertiary/aromatic N) is 2. The molecule has 0 aliphatic carbocycles. The van der Waals surface area contributed by atoms with E-state index in [-0.39, 0.29) is 11.5 Å². The second-order valence-corrected chi connectivity index (χ2v) is 5.59. The maximum Gasteiger partial charge on any atom is 0.381 e. The van der Waals surface area contributed by atoms with Crippen LogP contribution in [0.2, 0.25) is 0 Å². The number of aromatic nitrogens is 2. The molecule has 1 aliphatic heterocycles. The Morgan fingerprint density at radius 1 is 1.23 bits per heavy atom. The Hall–Kier alpha value is -2.88. The fourth-order valence-corrected chi connectivity index (χ4v) is 2.40. The monoisotopic (exact) mass is 368 g/mol. The third kappa shape index (κ3) is 3.85. The lowest BCUT2D eigenvalue weighted by atomic mass is 10.2. The lowest BCUT2D eigenvalue weighted by Crippen LogP contribution is -2.39. The molecule has 1 saturated heterocycles. The topological polar surface area (TPSA) is 87.3 Å². The predicted octanol–water partition coefficient (Wildman–Crippen LogP) is 1.48. The van der Waals surface area contributed by atoms with Crippen molar-refractivity contribution in [2.45, 2.75) is 5.92 Å². The van der Waals surface area contributed by atoms with Gasteiger partial charge in [0.05, 0.1) is 13.2 Å². The minimum Gasteiger partial charge on any atom is -0.378 e. The zero-order valence-corrected chi connectivity index (χ0v) is 13.5. The van der Waals surface area contributed by atoms with Gasteiger partial charge in [-0.05, 0) is 24.3 Å². The number of aromatic amines is 1. The summed E-state index contributed by atoms with van der Waals surface area (Å²) in [4.78, 5) is 31.0. The summed E-state index contributed by atoms with van der Waals surface area (Å²) in [6, 6.07) is 5.41. The van der Waals surface area contributed by atoms with Crippen molar-refractivity contribution >= 4 is 17.4 Å². The number of alkyl halides is 2. The summed E-state index contributed by atoms with van der Waals surface area (Å²) in [7, 11) is 0. The molecular weight excluding hydrogens is 353 g/mol. The molecule has 0 spiro atoms. The van der Waals surface area contributed by atoms with Gasteiger partial charge in [-0.3, -0.25) is 9.59 Å². The van der Waals surface area contributed by atoms with Crippen LogP contribution in [0.4, 0.5) is 24.7 Å². The van der Waals surface area contributed by atoms with Crippen LogP contribution in [0.1, 0.15) is 5.82 Å². The van der Waals surface area contributed by atoms with Crippen LogP contribution in [0.5, 0.6) is 0 Å². The van der Waals surface area contributed by atoms with Crippen LogP contribution < -0.4 is 15.8 Å². The van der Waals surface area contributed by atoms with Crippen molar-refractivity contribution in [2.75, 3.05) is 36.5 Å². The number of anilines is 2. The predicted molar refractivity (Wildman–Crippen MR) is 86.8 cm³/mol. The summed E-state index contributed by atoms with van der Waals surface area (Å²) >= 11 is 0. The molecule has 1 aromatic heterocycles. The number of hydrogen-bond acceptors (Lipinski definition) is 5. The number of benzene rings is 1. The number of hydrogen-bond donors (Lipinski definition) is 2. The Bertz CT molecular complexity index is 849. The van der Waals surface area contributed by atoms with E-state index >= 15 is 0 Å². The Balaban J connectivity index is 1.85. The Labute approximate surface area is 145 Å². The molecule has 0 unspecified atom stereocenters. The van der Waals surface area contributed by atoms with E-state index in [1.165, 1.54) is 0 Å². The summed E-state index contributed by atoms with van der Waals surface area (Å²) in [5, 5.41) is 1.98. The minimum atomic E-state index is -4.09. The van der Waals surface area contributed by atoms with Gasteiger partial charge in [0.1, 0.15) is 11.6 Å². The van der Waals surface area contributed by atoms with Crippen molar-refractivity contribution < 1.29 is 22.7 Å². The number of nitrogens with one attached hydrogen (secondary N) is 2. The highest BCUT2D eigenvalue weighted by Gasteiger charge is 2.44. The Kier molecular flexibility index (Phi) is 4.94. The average molecular weight is 368 g/mol. The number of morpholine rings is 1. The first kappa shape index (κ1) is 17.9. The van der Waals surface area contributed by atoms with Crippen molar-refractivity contribution in [3.63, 3.8) is 0 Å². The highest BCUT2D eigenvalue weighted by atomic mass is 19.3. The van der Waals surface area contributed by atoms with Crippen molar-refractivity contribution in [3.05, 3.63) is 52.3 Å². The summed E-state index contributed by atoms with van der Waals surface area (Å²) < 4.78 is 47.0. The molecule has 0 saturated carbocycles. The first-order valence-corrected chi connectivity index (χ1v) is 7.75. The smallest absolute Gasteiger partial charge is 0.378 e. The molecule has 138 valence electrons. The van der Waals surface area contributed by atoms with Gasteiger partial charge in [0, 0.05) is 24.8 Å². The molecule has 0 atom stereocenters. The van der Waals surface area contributed by atoms with Crippen molar-refractivity contribution in [2.24, 2.45) is 0 Å². The highest BCUT2D eigenvalue weighted by molar-refractivity contribution is 5.96. The Morgan fingerprint density at radius 3 is 2.54 bits per heavy atom. The maximum atomic E-state index is 14.5. The third-order valence-electron chi connectivity index (χ3n) is 3.75. The molecule has 0 radical (unpaired) electrons. The molecule has 1 aliphatic rings. The zero-order valence-electron chi connectivity index (χ0n) is 13.5. The molecular formula is C16H15F3N4O3. The lowest BCUT2D eigenvalue weighted by molar-refractivity contribution is -0.142. The van der Waals surface area contributed by atoms with Gasteiger partial charge in [-0.1, -0.05) is 0 Å². The number of carbonyl (C=O) groups is 1. The first-order valence-electron chi connectivity index (χ1n) is 7.75. The highest BCUT2D eigenvalue weighted by Crippen LogP contribution is 2.27. The fourth-order valence-electron chi connectivity index (χ4n) is 2.40. The van der Waals surface area contributed by atoms with Crippen molar-refractivity contribution in [3.8, 4) is 0 Å². The molecule has 26 heavy (non-hydrogen) atoms. The van der Waals surface area contributed by atoms with Crippen LogP contribution in [0.3, 0.4) is 0 Å². The molecule has 1 aromatic carbocycles. The van der Waals surface area contributed by atoms with Gasteiger partial charge >= 0.3 is 11.8 Å². The van der Waals surface area contributed by atoms with E-state index in [1.807, 2.05) is 10.3 Å². The number of H-pyrrole nitrogens is 1. The molecule has 1 amide bonds. The second kappa shape index (κ2) is 7.16. The summed E-state index contributed by atoms with van der Waals surface area (Å²) in [5.74, 6) is -7.37. The molecule has 10 heteroatoms.